The maximum absolute atomic E-state index is 10.2. The van der Waals surface area contributed by atoms with Crippen LogP contribution in [0.1, 0.15) is 6.42 Å². The van der Waals surface area contributed by atoms with Crippen molar-refractivity contribution in [3.05, 3.63) is 26.4 Å². The Labute approximate surface area is 133 Å². The highest BCUT2D eigenvalue weighted by molar-refractivity contribution is 5.66. The highest BCUT2D eigenvalue weighted by Gasteiger charge is 1.96. The summed E-state index contributed by atoms with van der Waals surface area (Å²) >= 11 is 0. The van der Waals surface area contributed by atoms with E-state index in [9.17, 15) is 4.79 Å². The summed E-state index contributed by atoms with van der Waals surface area (Å²) in [6.45, 7) is 3.48. The van der Waals surface area contributed by atoms with Gasteiger partial charge in [0.05, 0.1) is 59.3 Å². The van der Waals surface area contributed by atoms with Crippen LogP contribution in [0.25, 0.3) is 26.4 Å². The van der Waals surface area contributed by atoms with Gasteiger partial charge >= 0.3 is 5.97 Å². The first-order chi connectivity index (χ1) is 11.2. The molecular formula is C11H21N6O6-. The number of carboxylic acids is 1. The number of carbonyl (C=O) groups is 1. The van der Waals surface area contributed by atoms with Crippen molar-refractivity contribution in [2.45, 2.75) is 6.42 Å². The second kappa shape index (κ2) is 22.2. The molecule has 132 valence electrons. The number of azide groups is 1. The third kappa shape index (κ3) is 28.7. The van der Waals surface area contributed by atoms with Crippen LogP contribution in [-0.2, 0) is 23.7 Å². The van der Waals surface area contributed by atoms with Crippen molar-refractivity contribution >= 4 is 5.97 Å². The average Bonchev–Trinajstić information content (AvgIpc) is 2.51. The predicted molar refractivity (Wildman–Crippen MR) is 79.6 cm³/mol. The van der Waals surface area contributed by atoms with Crippen molar-refractivity contribution in [1.29, 1.82) is 0 Å². The maximum Gasteiger partial charge on any atom is 0.305 e. The summed E-state index contributed by atoms with van der Waals surface area (Å²) in [4.78, 5) is 14.3. The van der Waals surface area contributed by atoms with Crippen molar-refractivity contribution in [1.82, 2.24) is 0 Å². The zero-order valence-electron chi connectivity index (χ0n) is 12.7. The summed E-state index contributed by atoms with van der Waals surface area (Å²) in [5.74, 6) is -0.874. The Morgan fingerprint density at radius 3 is 1.61 bits per heavy atom. The van der Waals surface area contributed by atoms with Gasteiger partial charge in [-0.1, -0.05) is 5.11 Å². The molecule has 0 aromatic rings. The lowest BCUT2D eigenvalue weighted by Crippen LogP contribution is -2.13. The van der Waals surface area contributed by atoms with Crippen molar-refractivity contribution in [3.8, 4) is 0 Å². The van der Waals surface area contributed by atoms with Gasteiger partial charge in [0.2, 0.25) is 0 Å². The first-order valence-electron chi connectivity index (χ1n) is 6.71. The van der Waals surface area contributed by atoms with Crippen molar-refractivity contribution in [2.75, 3.05) is 59.4 Å². The molecule has 0 spiro atoms. The van der Waals surface area contributed by atoms with Crippen LogP contribution < -0.4 is 0 Å². The molecule has 12 heteroatoms. The minimum absolute atomic E-state index is 0.00277. The second-order valence-electron chi connectivity index (χ2n) is 3.64. The highest BCUT2D eigenvalue weighted by atomic mass is 16.6. The Hall–Kier alpha value is -2.07. The SMILES string of the molecule is [N-]=[N+]=NCCOCCOCCOCCOCCC(=O)O.[N-]=[N+]=[N-]. The quantitative estimate of drug-likeness (QED) is 0.206. The lowest BCUT2D eigenvalue weighted by molar-refractivity contribution is -0.138. The Morgan fingerprint density at radius 2 is 1.22 bits per heavy atom. The molecule has 0 aliphatic carbocycles. The zero-order valence-corrected chi connectivity index (χ0v) is 12.7. The van der Waals surface area contributed by atoms with Crippen LogP contribution in [0, 0.1) is 0 Å². The normalized spacial score (nSPS) is 9.22. The molecule has 1 N–H and O–H groups in total. The molecule has 0 aliphatic heterocycles. The monoisotopic (exact) mass is 333 g/mol. The number of aliphatic carboxylic acids is 1. The molecule has 0 atom stereocenters. The molecule has 0 saturated carbocycles. The summed E-state index contributed by atoms with van der Waals surface area (Å²) in [6, 6.07) is 0. The van der Waals surface area contributed by atoms with E-state index in [1.54, 1.807) is 0 Å². The fraction of sp³-hybridized carbons (Fsp3) is 0.909. The van der Waals surface area contributed by atoms with Crippen molar-refractivity contribution in [2.24, 2.45) is 5.11 Å². The molecule has 0 aromatic heterocycles. The smallest absolute Gasteiger partial charge is 0.305 e. The molecule has 0 fully saturated rings. The molecule has 0 unspecified atom stereocenters. The molecule has 12 nitrogen and oxygen atoms in total. The van der Waals surface area contributed by atoms with Gasteiger partial charge in [0.1, 0.15) is 0 Å². The number of ether oxygens (including phenoxy) is 4. The number of carboxylic acid groups (broad SMARTS) is 1. The van der Waals surface area contributed by atoms with E-state index in [2.05, 4.69) is 10.0 Å². The van der Waals surface area contributed by atoms with Crippen LogP contribution in [0.15, 0.2) is 5.11 Å². The summed E-state index contributed by atoms with van der Waals surface area (Å²) in [5.41, 5.74) is 21.5. The van der Waals surface area contributed by atoms with E-state index in [4.69, 9.17) is 40.6 Å². The Bertz CT molecular complexity index is 343. The Balaban J connectivity index is 0. The first-order valence-corrected chi connectivity index (χ1v) is 6.71. The summed E-state index contributed by atoms with van der Waals surface area (Å²) in [7, 11) is 0. The summed E-state index contributed by atoms with van der Waals surface area (Å²) in [5, 5.41) is 11.7. The molecule has 0 saturated heterocycles. The number of nitrogens with zero attached hydrogens (tertiary/aromatic N) is 6. The van der Waals surface area contributed by atoms with Crippen LogP contribution >= 0.6 is 0 Å². The number of rotatable bonds is 15. The van der Waals surface area contributed by atoms with E-state index in [0.29, 0.717) is 52.8 Å². The lowest BCUT2D eigenvalue weighted by atomic mass is 10.5. The second-order valence-corrected chi connectivity index (χ2v) is 3.64. The maximum atomic E-state index is 10.2. The Morgan fingerprint density at radius 1 is 0.826 bits per heavy atom. The summed E-state index contributed by atoms with van der Waals surface area (Å²) in [6.07, 6.45) is 0.00277. The molecule has 0 aromatic carbocycles. The van der Waals surface area contributed by atoms with Gasteiger partial charge < -0.3 is 35.1 Å². The standard InChI is InChI=1S/C11H21N3O6.N3/c12-14-13-2-4-18-6-8-20-10-9-19-7-5-17-3-1-11(15)16;1-3-2/h1-10H2,(H,15,16);/q;-1. The minimum atomic E-state index is -0.874. The lowest BCUT2D eigenvalue weighted by Gasteiger charge is -2.06. The van der Waals surface area contributed by atoms with Crippen LogP contribution in [0.5, 0.6) is 0 Å². The molecular weight excluding hydrogens is 312 g/mol. The third-order valence-corrected chi connectivity index (χ3v) is 1.98. The fourth-order valence-electron chi connectivity index (χ4n) is 1.07. The van der Waals surface area contributed by atoms with Crippen molar-refractivity contribution < 1.29 is 28.8 Å². The topological polar surface area (TPSA) is 182 Å². The van der Waals surface area contributed by atoms with Gasteiger partial charge in [-0.3, -0.25) is 9.71 Å². The van der Waals surface area contributed by atoms with E-state index in [-0.39, 0.29) is 13.0 Å². The van der Waals surface area contributed by atoms with Crippen molar-refractivity contribution in [3.63, 3.8) is 0 Å². The molecule has 0 bridgehead atoms. The molecule has 23 heavy (non-hydrogen) atoms. The molecule has 0 amide bonds. The van der Waals surface area contributed by atoms with E-state index < -0.39 is 5.97 Å². The van der Waals surface area contributed by atoms with E-state index in [1.807, 2.05) is 0 Å². The van der Waals surface area contributed by atoms with E-state index in [1.165, 1.54) is 4.91 Å². The van der Waals surface area contributed by atoms with Gasteiger partial charge in [0, 0.05) is 11.5 Å². The Kier molecular flexibility index (Phi) is 22.4. The van der Waals surface area contributed by atoms with Gasteiger partial charge in [0.15, 0.2) is 0 Å². The number of hydrogen-bond acceptors (Lipinski definition) is 6. The van der Waals surface area contributed by atoms with Crippen LogP contribution in [-0.4, -0.2) is 70.5 Å². The highest BCUT2D eigenvalue weighted by Crippen LogP contribution is 1.85. The van der Waals surface area contributed by atoms with Gasteiger partial charge in [0.25, 0.3) is 0 Å². The van der Waals surface area contributed by atoms with Gasteiger partial charge in [-0.15, -0.1) is 0 Å². The van der Waals surface area contributed by atoms with Crippen LogP contribution in [0.2, 0.25) is 0 Å². The van der Waals surface area contributed by atoms with E-state index >= 15 is 0 Å². The van der Waals surface area contributed by atoms with Crippen LogP contribution in [0.4, 0.5) is 0 Å². The molecule has 0 rings (SSSR count). The minimum Gasteiger partial charge on any atom is -0.481 e. The molecule has 0 aliphatic rings. The summed E-state index contributed by atoms with van der Waals surface area (Å²) < 4.78 is 20.6. The predicted octanol–water partition coefficient (Wildman–Crippen LogP) is 1.70. The van der Waals surface area contributed by atoms with Crippen LogP contribution in [0.3, 0.4) is 0 Å². The van der Waals surface area contributed by atoms with Gasteiger partial charge in [-0.05, 0) is 5.53 Å². The zero-order chi connectivity index (χ0) is 17.6. The largest absolute Gasteiger partial charge is 0.481 e. The first kappa shape index (κ1) is 23.2. The fourth-order valence-corrected chi connectivity index (χ4v) is 1.07. The molecule has 0 heterocycles. The number of hydrogen-bond donors (Lipinski definition) is 1. The molecule has 0 radical (unpaired) electrons. The third-order valence-electron chi connectivity index (χ3n) is 1.98. The van der Waals surface area contributed by atoms with E-state index in [0.717, 1.165) is 0 Å². The van der Waals surface area contributed by atoms with Gasteiger partial charge in [-0.25, -0.2) is 0 Å². The van der Waals surface area contributed by atoms with Gasteiger partial charge in [-0.2, -0.15) is 0 Å². The average molecular weight is 333 g/mol.